The molecule has 0 aliphatic heterocycles. The number of hydrogen-bond acceptors (Lipinski definition) is 4. The van der Waals surface area contributed by atoms with E-state index in [1.54, 1.807) is 4.68 Å². The van der Waals surface area contributed by atoms with Crippen molar-refractivity contribution in [3.8, 4) is 0 Å². The number of ether oxygens (including phenoxy) is 1. The Kier molecular flexibility index (Phi) is 7.52. The summed E-state index contributed by atoms with van der Waals surface area (Å²) in [6, 6.07) is 20.5. The third kappa shape index (κ3) is 5.77. The van der Waals surface area contributed by atoms with Crippen molar-refractivity contribution in [2.45, 2.75) is 70.8 Å². The highest BCUT2D eigenvalue weighted by atomic mass is 19.4. The van der Waals surface area contributed by atoms with Gasteiger partial charge in [0, 0.05) is 18.0 Å². The van der Waals surface area contributed by atoms with Crippen LogP contribution >= 0.6 is 0 Å². The summed E-state index contributed by atoms with van der Waals surface area (Å²) in [6.45, 7) is 4.40. The molecule has 1 N–H and O–H groups in total. The average molecular weight is 590 g/mol. The first-order valence-electron chi connectivity index (χ1n) is 14.8. The van der Waals surface area contributed by atoms with Crippen LogP contribution < -0.4 is 5.32 Å². The Morgan fingerprint density at radius 2 is 1.70 bits per heavy atom. The summed E-state index contributed by atoms with van der Waals surface area (Å²) in [5, 5.41) is 8.48. The van der Waals surface area contributed by atoms with Crippen molar-refractivity contribution in [3.05, 3.63) is 101 Å². The van der Waals surface area contributed by atoms with E-state index in [0.29, 0.717) is 24.2 Å². The van der Waals surface area contributed by atoms with Gasteiger partial charge in [0.05, 0.1) is 17.0 Å². The van der Waals surface area contributed by atoms with Crippen molar-refractivity contribution in [3.63, 3.8) is 0 Å². The van der Waals surface area contributed by atoms with E-state index in [-0.39, 0.29) is 35.4 Å². The molecule has 2 aliphatic carbocycles. The molecule has 1 unspecified atom stereocenters. The van der Waals surface area contributed by atoms with Crippen molar-refractivity contribution in [2.75, 3.05) is 0 Å². The Hall–Kier alpha value is -4.14. The Morgan fingerprint density at radius 3 is 2.35 bits per heavy atom. The lowest BCUT2D eigenvalue weighted by molar-refractivity contribution is -0.167. The van der Waals surface area contributed by atoms with Gasteiger partial charge in [-0.1, -0.05) is 54.6 Å². The monoisotopic (exact) mass is 589 g/mol. The number of carbonyl (C=O) groups is 2. The zero-order valence-electron chi connectivity index (χ0n) is 24.2. The predicted molar refractivity (Wildman–Crippen MR) is 156 cm³/mol. The molecule has 1 amide bonds. The lowest BCUT2D eigenvalue weighted by Gasteiger charge is -2.57. The minimum atomic E-state index is -4.39. The number of nitrogens with one attached hydrogen (secondary N) is 1. The number of alkyl halides is 3. The number of benzene rings is 3. The summed E-state index contributed by atoms with van der Waals surface area (Å²) in [6.07, 6.45) is -1.16. The Morgan fingerprint density at radius 1 is 1.00 bits per heavy atom. The van der Waals surface area contributed by atoms with Crippen molar-refractivity contribution in [1.82, 2.24) is 15.1 Å². The van der Waals surface area contributed by atoms with Crippen LogP contribution in [0.3, 0.4) is 0 Å². The van der Waals surface area contributed by atoms with Gasteiger partial charge in [0.15, 0.2) is 5.69 Å². The SMILES string of the molecule is CCn1nc(C(=O)NC2CC3(C2)CC(C(=O)OC(C)c2ccccc2)C3)c2c(Cc3ccc(C(F)(F)F)cc3)cccc21. The van der Waals surface area contributed by atoms with E-state index in [1.165, 1.54) is 12.1 Å². The zero-order valence-corrected chi connectivity index (χ0v) is 24.2. The van der Waals surface area contributed by atoms with E-state index in [0.717, 1.165) is 59.8 Å². The molecule has 43 heavy (non-hydrogen) atoms. The van der Waals surface area contributed by atoms with Crippen LogP contribution in [0.1, 0.15) is 78.4 Å². The van der Waals surface area contributed by atoms with Gasteiger partial charge in [0.1, 0.15) is 6.10 Å². The van der Waals surface area contributed by atoms with E-state index in [4.69, 9.17) is 4.74 Å². The number of fused-ring (bicyclic) bond motifs is 1. The van der Waals surface area contributed by atoms with Gasteiger partial charge in [0.2, 0.25) is 0 Å². The molecule has 3 aromatic carbocycles. The van der Waals surface area contributed by atoms with E-state index in [2.05, 4.69) is 10.4 Å². The summed E-state index contributed by atoms with van der Waals surface area (Å²) >= 11 is 0. The number of esters is 1. The van der Waals surface area contributed by atoms with Crippen LogP contribution in [0.5, 0.6) is 0 Å². The maximum Gasteiger partial charge on any atom is 0.416 e. The standard InChI is InChI=1S/C34H34F3N3O3/c1-3-40-28-11-7-10-24(16-22-12-14-26(15-13-22)34(35,36)37)29(28)30(39-40)31(41)38-27-19-33(20-27)17-25(18-33)32(42)43-21(2)23-8-5-4-6-9-23/h4-15,21,25,27H,3,16-20H2,1-2H3,(H,38,41). The van der Waals surface area contributed by atoms with E-state index in [1.807, 2.05) is 62.4 Å². The second-order valence-corrected chi connectivity index (χ2v) is 12.0. The molecule has 2 aliphatic rings. The molecule has 224 valence electrons. The highest BCUT2D eigenvalue weighted by Gasteiger charge is 2.55. The summed E-state index contributed by atoms with van der Waals surface area (Å²) in [5.41, 5.74) is 3.03. The molecule has 1 atom stereocenters. The second-order valence-electron chi connectivity index (χ2n) is 12.0. The fourth-order valence-corrected chi connectivity index (χ4v) is 6.77. The highest BCUT2D eigenvalue weighted by molar-refractivity contribution is 6.06. The molecular formula is C34H34F3N3O3. The van der Waals surface area contributed by atoms with E-state index >= 15 is 0 Å². The fraction of sp³-hybridized carbons (Fsp3) is 0.382. The lowest BCUT2D eigenvalue weighted by Crippen LogP contribution is -2.57. The van der Waals surface area contributed by atoms with Crippen molar-refractivity contribution in [2.24, 2.45) is 11.3 Å². The van der Waals surface area contributed by atoms with Gasteiger partial charge in [-0.3, -0.25) is 14.3 Å². The summed E-state index contributed by atoms with van der Waals surface area (Å²) in [7, 11) is 0. The average Bonchev–Trinajstić information content (AvgIpc) is 3.33. The highest BCUT2D eigenvalue weighted by Crippen LogP contribution is 2.59. The molecule has 9 heteroatoms. The van der Waals surface area contributed by atoms with Crippen molar-refractivity contribution < 1.29 is 27.5 Å². The van der Waals surface area contributed by atoms with E-state index in [9.17, 15) is 22.8 Å². The lowest BCUT2D eigenvalue weighted by atomic mass is 9.50. The molecule has 4 aromatic rings. The Bertz CT molecular complexity index is 1630. The molecule has 1 spiro atoms. The minimum absolute atomic E-state index is 0.00313. The summed E-state index contributed by atoms with van der Waals surface area (Å²) in [5.74, 6) is -0.532. The smallest absolute Gasteiger partial charge is 0.416 e. The molecule has 6 nitrogen and oxygen atoms in total. The van der Waals surface area contributed by atoms with Crippen LogP contribution in [0, 0.1) is 11.3 Å². The molecule has 0 saturated heterocycles. The summed E-state index contributed by atoms with van der Waals surface area (Å²) < 4.78 is 46.6. The Balaban J connectivity index is 1.09. The van der Waals surface area contributed by atoms with Gasteiger partial charge in [-0.25, -0.2) is 0 Å². The first-order chi connectivity index (χ1) is 20.5. The molecule has 0 radical (unpaired) electrons. The predicted octanol–water partition coefficient (Wildman–Crippen LogP) is 7.26. The number of halogens is 3. The summed E-state index contributed by atoms with van der Waals surface area (Å²) in [4.78, 5) is 26.2. The molecule has 2 fully saturated rings. The van der Waals surface area contributed by atoms with Crippen LogP contribution in [0.15, 0.2) is 72.8 Å². The largest absolute Gasteiger partial charge is 0.458 e. The van der Waals surface area contributed by atoms with Crippen LogP contribution in [0.25, 0.3) is 10.9 Å². The third-order valence-electron chi connectivity index (χ3n) is 9.00. The van der Waals surface area contributed by atoms with Crippen molar-refractivity contribution in [1.29, 1.82) is 0 Å². The second kappa shape index (κ2) is 11.2. The number of hydrogen-bond donors (Lipinski definition) is 1. The molecule has 1 aromatic heterocycles. The van der Waals surface area contributed by atoms with E-state index < -0.39 is 11.7 Å². The fourth-order valence-electron chi connectivity index (χ4n) is 6.77. The molecule has 1 heterocycles. The zero-order chi connectivity index (χ0) is 30.4. The van der Waals surface area contributed by atoms with Gasteiger partial charge >= 0.3 is 12.1 Å². The molecule has 2 saturated carbocycles. The number of aryl methyl sites for hydroxylation is 1. The normalized spacial score (nSPS) is 22.1. The maximum absolute atomic E-state index is 13.5. The maximum atomic E-state index is 13.5. The number of carbonyl (C=O) groups excluding carboxylic acids is 2. The molecule has 0 bridgehead atoms. The number of rotatable bonds is 8. The van der Waals surface area contributed by atoms with Crippen LogP contribution in [-0.2, 0) is 28.7 Å². The van der Waals surface area contributed by atoms with Gasteiger partial charge in [-0.2, -0.15) is 18.3 Å². The Labute approximate surface area is 248 Å². The molecular weight excluding hydrogens is 555 g/mol. The number of aromatic nitrogens is 2. The first kappa shape index (κ1) is 29.0. The van der Waals surface area contributed by atoms with Gasteiger partial charge in [-0.15, -0.1) is 0 Å². The minimum Gasteiger partial charge on any atom is -0.458 e. The van der Waals surface area contributed by atoms with Crippen molar-refractivity contribution >= 4 is 22.8 Å². The molecule has 6 rings (SSSR count). The van der Waals surface area contributed by atoms with Crippen LogP contribution in [-0.4, -0.2) is 27.7 Å². The van der Waals surface area contributed by atoms with Gasteiger partial charge in [-0.05, 0) is 86.3 Å². The quantitative estimate of drug-likeness (QED) is 0.220. The number of amides is 1. The van der Waals surface area contributed by atoms with Crippen LogP contribution in [0.2, 0.25) is 0 Å². The van der Waals surface area contributed by atoms with Gasteiger partial charge < -0.3 is 10.1 Å². The van der Waals surface area contributed by atoms with Gasteiger partial charge in [0.25, 0.3) is 5.91 Å². The third-order valence-corrected chi connectivity index (χ3v) is 9.00. The number of nitrogens with zero attached hydrogens (tertiary/aromatic N) is 2. The van der Waals surface area contributed by atoms with Crippen LogP contribution in [0.4, 0.5) is 13.2 Å². The topological polar surface area (TPSA) is 73.2 Å². The first-order valence-corrected chi connectivity index (χ1v) is 14.8.